The fraction of sp³-hybridized carbons (Fsp3) is 0.529. The van der Waals surface area contributed by atoms with Crippen LogP contribution in [-0.4, -0.2) is 60.8 Å². The summed E-state index contributed by atoms with van der Waals surface area (Å²) in [5.74, 6) is -1.35. The topological polar surface area (TPSA) is 124 Å². The molecule has 1 heterocycles. The van der Waals surface area contributed by atoms with Crippen LogP contribution >= 0.6 is 0 Å². The van der Waals surface area contributed by atoms with Gasteiger partial charge < -0.3 is 9.64 Å². The number of carbonyl (C=O) groups is 2. The van der Waals surface area contributed by atoms with Gasteiger partial charge in [-0.05, 0) is 18.9 Å². The number of sulfone groups is 1. The van der Waals surface area contributed by atoms with E-state index < -0.39 is 39.3 Å². The Labute approximate surface area is 157 Å². The van der Waals surface area contributed by atoms with Crippen LogP contribution in [0.15, 0.2) is 24.3 Å². The number of non-ortho nitro benzene ring substituents is 1. The minimum atomic E-state index is -3.15. The molecule has 1 atom stereocenters. The Morgan fingerprint density at radius 3 is 2.70 bits per heavy atom. The van der Waals surface area contributed by atoms with E-state index in [0.717, 1.165) is 12.5 Å². The van der Waals surface area contributed by atoms with E-state index in [9.17, 15) is 28.1 Å². The van der Waals surface area contributed by atoms with Crippen molar-refractivity contribution < 1.29 is 27.7 Å². The van der Waals surface area contributed by atoms with Crippen LogP contribution in [-0.2, 0) is 19.4 Å². The summed E-state index contributed by atoms with van der Waals surface area (Å²) in [5.41, 5.74) is -0.280. The molecule has 1 aromatic carbocycles. The van der Waals surface area contributed by atoms with Crippen molar-refractivity contribution in [3.8, 4) is 0 Å². The van der Waals surface area contributed by atoms with Crippen LogP contribution < -0.4 is 0 Å². The quantitative estimate of drug-likeness (QED) is 0.370. The van der Waals surface area contributed by atoms with E-state index in [1.807, 2.05) is 6.92 Å². The number of ether oxygens (including phenoxy) is 1. The Bertz CT molecular complexity index is 822. The number of hydrogen-bond acceptors (Lipinski definition) is 7. The number of unbranched alkanes of at least 4 members (excludes halogenated alkanes) is 1. The lowest BCUT2D eigenvalue weighted by Gasteiger charge is -2.28. The van der Waals surface area contributed by atoms with Gasteiger partial charge in [-0.1, -0.05) is 19.4 Å². The molecular weight excluding hydrogens is 376 g/mol. The molecule has 1 saturated heterocycles. The standard InChI is InChI=1S/C17H22N2O7S/c1-2-3-8-18(15-7-9-27(24,25)12-15)16(20)11-26-17(21)13-5-4-6-14(10-13)19(22)23/h4-6,10,15H,2-3,7-9,11-12H2,1H3/t15-/m0/s1. The zero-order valence-electron chi connectivity index (χ0n) is 15.0. The van der Waals surface area contributed by atoms with Crippen molar-refractivity contribution in [1.29, 1.82) is 0 Å². The van der Waals surface area contributed by atoms with Gasteiger partial charge in [0.2, 0.25) is 0 Å². The number of amides is 1. The van der Waals surface area contributed by atoms with Gasteiger partial charge in [0.1, 0.15) is 0 Å². The molecule has 1 amide bonds. The van der Waals surface area contributed by atoms with Gasteiger partial charge in [-0.15, -0.1) is 0 Å². The van der Waals surface area contributed by atoms with E-state index in [2.05, 4.69) is 0 Å². The molecule has 9 nitrogen and oxygen atoms in total. The number of hydrogen-bond donors (Lipinski definition) is 0. The highest BCUT2D eigenvalue weighted by Gasteiger charge is 2.34. The molecule has 1 aliphatic rings. The zero-order valence-corrected chi connectivity index (χ0v) is 15.8. The van der Waals surface area contributed by atoms with Crippen molar-refractivity contribution in [2.75, 3.05) is 24.7 Å². The summed E-state index contributed by atoms with van der Waals surface area (Å²) in [7, 11) is -3.15. The molecule has 10 heteroatoms. The molecule has 2 rings (SSSR count). The van der Waals surface area contributed by atoms with Gasteiger partial charge in [0.05, 0.1) is 22.0 Å². The largest absolute Gasteiger partial charge is 0.452 e. The summed E-state index contributed by atoms with van der Waals surface area (Å²) in [6.07, 6.45) is 1.91. The molecule has 148 valence electrons. The number of nitrogens with zero attached hydrogens (tertiary/aromatic N) is 2. The summed E-state index contributed by atoms with van der Waals surface area (Å²) in [6, 6.07) is 4.62. The second kappa shape index (κ2) is 8.94. The molecule has 27 heavy (non-hydrogen) atoms. The van der Waals surface area contributed by atoms with Crippen molar-refractivity contribution in [2.24, 2.45) is 0 Å². The summed E-state index contributed by atoms with van der Waals surface area (Å²) in [6.45, 7) is 1.81. The third-order valence-corrected chi connectivity index (χ3v) is 6.09. The number of benzene rings is 1. The molecule has 1 aliphatic heterocycles. The average molecular weight is 398 g/mol. The van der Waals surface area contributed by atoms with Gasteiger partial charge in [0.15, 0.2) is 16.4 Å². The van der Waals surface area contributed by atoms with Crippen molar-refractivity contribution in [2.45, 2.75) is 32.2 Å². The number of nitro groups is 1. The Kier molecular flexibility index (Phi) is 6.89. The van der Waals surface area contributed by atoms with Crippen molar-refractivity contribution in [3.63, 3.8) is 0 Å². The van der Waals surface area contributed by atoms with E-state index in [0.29, 0.717) is 19.4 Å². The molecule has 1 fully saturated rings. The lowest BCUT2D eigenvalue weighted by Crippen LogP contribution is -2.43. The monoisotopic (exact) mass is 398 g/mol. The first-order valence-corrected chi connectivity index (χ1v) is 10.5. The number of rotatable bonds is 8. The van der Waals surface area contributed by atoms with Crippen LogP contribution in [0.3, 0.4) is 0 Å². The molecular formula is C17H22N2O7S. The first kappa shape index (κ1) is 20.8. The van der Waals surface area contributed by atoms with Crippen LogP contribution in [0.25, 0.3) is 0 Å². The number of nitro benzene ring substituents is 1. The van der Waals surface area contributed by atoms with Gasteiger partial charge in [-0.2, -0.15) is 0 Å². The predicted octanol–water partition coefficient (Wildman–Crippen LogP) is 1.57. The van der Waals surface area contributed by atoms with E-state index in [-0.39, 0.29) is 22.8 Å². The molecule has 0 bridgehead atoms. The molecule has 0 N–H and O–H groups in total. The lowest BCUT2D eigenvalue weighted by atomic mass is 10.2. The van der Waals surface area contributed by atoms with Crippen LogP contribution in [0, 0.1) is 10.1 Å². The molecule has 0 aliphatic carbocycles. The summed E-state index contributed by atoms with van der Waals surface area (Å²) < 4.78 is 28.4. The molecule has 0 spiro atoms. The Balaban J connectivity index is 2.01. The maximum atomic E-state index is 12.5. The minimum Gasteiger partial charge on any atom is -0.452 e. The maximum absolute atomic E-state index is 12.5. The van der Waals surface area contributed by atoms with Gasteiger partial charge in [-0.3, -0.25) is 14.9 Å². The first-order valence-electron chi connectivity index (χ1n) is 8.65. The van der Waals surface area contributed by atoms with Crippen LogP contribution in [0.2, 0.25) is 0 Å². The third kappa shape index (κ3) is 5.75. The molecule has 0 radical (unpaired) electrons. The summed E-state index contributed by atoms with van der Waals surface area (Å²) >= 11 is 0. The van der Waals surface area contributed by atoms with Crippen molar-refractivity contribution in [1.82, 2.24) is 4.90 Å². The lowest BCUT2D eigenvalue weighted by molar-refractivity contribution is -0.384. The van der Waals surface area contributed by atoms with Gasteiger partial charge in [0.25, 0.3) is 11.6 Å². The summed E-state index contributed by atoms with van der Waals surface area (Å²) in [4.78, 5) is 36.2. The van der Waals surface area contributed by atoms with Gasteiger partial charge in [0, 0.05) is 24.7 Å². The Morgan fingerprint density at radius 2 is 2.11 bits per heavy atom. The number of esters is 1. The highest BCUT2D eigenvalue weighted by atomic mass is 32.2. The van der Waals surface area contributed by atoms with Gasteiger partial charge >= 0.3 is 5.97 Å². The zero-order chi connectivity index (χ0) is 20.0. The third-order valence-electron chi connectivity index (χ3n) is 4.34. The number of carbonyl (C=O) groups excluding carboxylic acids is 2. The highest BCUT2D eigenvalue weighted by molar-refractivity contribution is 7.91. The van der Waals surface area contributed by atoms with Crippen molar-refractivity contribution in [3.05, 3.63) is 39.9 Å². The molecule has 0 unspecified atom stereocenters. The second-order valence-electron chi connectivity index (χ2n) is 6.38. The SMILES string of the molecule is CCCCN(C(=O)COC(=O)c1cccc([N+](=O)[O-])c1)[C@H]1CCS(=O)(=O)C1. The maximum Gasteiger partial charge on any atom is 0.338 e. The van der Waals surface area contributed by atoms with Gasteiger partial charge in [-0.25, -0.2) is 13.2 Å². The van der Waals surface area contributed by atoms with E-state index >= 15 is 0 Å². The van der Waals surface area contributed by atoms with Crippen LogP contribution in [0.5, 0.6) is 0 Å². The van der Waals surface area contributed by atoms with E-state index in [4.69, 9.17) is 4.74 Å². The highest BCUT2D eigenvalue weighted by Crippen LogP contribution is 2.19. The second-order valence-corrected chi connectivity index (χ2v) is 8.61. The first-order chi connectivity index (χ1) is 12.7. The van der Waals surface area contributed by atoms with Crippen molar-refractivity contribution >= 4 is 27.4 Å². The van der Waals surface area contributed by atoms with Crippen LogP contribution in [0.1, 0.15) is 36.5 Å². The smallest absolute Gasteiger partial charge is 0.338 e. The Hall–Kier alpha value is -2.49. The van der Waals surface area contributed by atoms with Crippen LogP contribution in [0.4, 0.5) is 5.69 Å². The van der Waals surface area contributed by atoms with E-state index in [1.165, 1.54) is 23.1 Å². The minimum absolute atomic E-state index is 0.0273. The normalized spacial score (nSPS) is 18.0. The molecule has 0 aromatic heterocycles. The molecule has 0 saturated carbocycles. The predicted molar refractivity (Wildman–Crippen MR) is 97.1 cm³/mol. The Morgan fingerprint density at radius 1 is 1.37 bits per heavy atom. The van der Waals surface area contributed by atoms with E-state index in [1.54, 1.807) is 0 Å². The fourth-order valence-corrected chi connectivity index (χ4v) is 4.63. The molecule has 1 aromatic rings. The average Bonchev–Trinajstić information content (AvgIpc) is 2.99. The fourth-order valence-electron chi connectivity index (χ4n) is 2.90. The summed E-state index contributed by atoms with van der Waals surface area (Å²) in [5, 5.41) is 10.8.